The Morgan fingerprint density at radius 1 is 1.50 bits per heavy atom. The van der Waals surface area contributed by atoms with E-state index in [4.69, 9.17) is 0 Å². The lowest BCUT2D eigenvalue weighted by atomic mass is 10.2. The summed E-state index contributed by atoms with van der Waals surface area (Å²) in [6.07, 6.45) is 3.69. The molecule has 0 N–H and O–H groups in total. The second kappa shape index (κ2) is 4.09. The van der Waals surface area contributed by atoms with E-state index in [9.17, 15) is 0 Å². The molecule has 3 rings (SSSR count). The molecule has 4 heteroatoms. The Bertz CT molecular complexity index is 500. The first-order valence-electron chi connectivity index (χ1n) is 5.76. The van der Waals surface area contributed by atoms with Crippen molar-refractivity contribution in [3.8, 4) is 0 Å². The van der Waals surface area contributed by atoms with Crippen molar-refractivity contribution in [2.45, 2.75) is 31.4 Å². The molecule has 0 amide bonds. The Labute approximate surface area is 99.3 Å². The largest absolute Gasteiger partial charge is 0.218 e. The Hall–Kier alpha value is -1.03. The third-order valence-electron chi connectivity index (χ3n) is 3.03. The normalized spacial score (nSPS) is 20.7. The first kappa shape index (κ1) is 10.1. The minimum Gasteiger partial charge on any atom is -0.218 e. The third-order valence-corrected chi connectivity index (χ3v) is 4.43. The third kappa shape index (κ3) is 1.82. The fourth-order valence-corrected chi connectivity index (χ4v) is 3.44. The molecule has 3 heterocycles. The lowest BCUT2D eigenvalue weighted by molar-refractivity contribution is 0.739. The highest BCUT2D eigenvalue weighted by atomic mass is 32.2. The smallest absolute Gasteiger partial charge is 0.155 e. The molecule has 2 aromatic heterocycles. The van der Waals surface area contributed by atoms with Crippen molar-refractivity contribution in [3.05, 3.63) is 29.7 Å². The summed E-state index contributed by atoms with van der Waals surface area (Å²) < 4.78 is 1.94. The second-order valence-electron chi connectivity index (χ2n) is 4.30. The van der Waals surface area contributed by atoms with E-state index in [-0.39, 0.29) is 0 Å². The van der Waals surface area contributed by atoms with Crippen molar-refractivity contribution >= 4 is 17.4 Å². The van der Waals surface area contributed by atoms with Gasteiger partial charge < -0.3 is 0 Å². The number of hydrogen-bond acceptors (Lipinski definition) is 3. The number of aromatic nitrogens is 3. The molecular weight excluding hydrogens is 218 g/mol. The van der Waals surface area contributed by atoms with Crippen LogP contribution in [0.1, 0.15) is 24.4 Å². The van der Waals surface area contributed by atoms with Crippen molar-refractivity contribution in [2.24, 2.45) is 0 Å². The Kier molecular flexibility index (Phi) is 2.59. The van der Waals surface area contributed by atoms with Gasteiger partial charge in [0, 0.05) is 17.4 Å². The number of thioether (sulfide) groups is 1. The summed E-state index contributed by atoms with van der Waals surface area (Å²) in [4.78, 5) is 4.58. The minimum absolute atomic E-state index is 0.734. The van der Waals surface area contributed by atoms with Crippen molar-refractivity contribution in [1.82, 2.24) is 14.6 Å². The van der Waals surface area contributed by atoms with E-state index < -0.39 is 0 Å². The topological polar surface area (TPSA) is 30.2 Å². The van der Waals surface area contributed by atoms with Gasteiger partial charge in [0.1, 0.15) is 0 Å². The summed E-state index contributed by atoms with van der Waals surface area (Å²) in [6.45, 7) is 2.07. The van der Waals surface area contributed by atoms with Crippen molar-refractivity contribution in [2.75, 3.05) is 5.75 Å². The molecular formula is C12H15N3S. The molecule has 1 unspecified atom stereocenters. The van der Waals surface area contributed by atoms with E-state index in [2.05, 4.69) is 34.8 Å². The molecule has 0 bridgehead atoms. The number of hydrogen-bond donors (Lipinski definition) is 0. The van der Waals surface area contributed by atoms with E-state index in [1.807, 2.05) is 16.6 Å². The predicted molar refractivity (Wildman–Crippen MR) is 66.9 cm³/mol. The van der Waals surface area contributed by atoms with Crippen molar-refractivity contribution < 1.29 is 0 Å². The zero-order chi connectivity index (χ0) is 11.0. The molecule has 0 saturated carbocycles. The molecule has 0 spiro atoms. The van der Waals surface area contributed by atoms with Gasteiger partial charge in [-0.05, 0) is 37.7 Å². The Balaban J connectivity index is 1.90. The van der Waals surface area contributed by atoms with Gasteiger partial charge in [-0.15, -0.1) is 0 Å². The van der Waals surface area contributed by atoms with Crippen LogP contribution in [0.5, 0.6) is 0 Å². The quantitative estimate of drug-likeness (QED) is 0.798. The average Bonchev–Trinajstić information content (AvgIpc) is 2.88. The van der Waals surface area contributed by atoms with Gasteiger partial charge >= 0.3 is 0 Å². The van der Waals surface area contributed by atoms with E-state index >= 15 is 0 Å². The molecule has 2 aromatic rings. The maximum absolute atomic E-state index is 4.58. The zero-order valence-electron chi connectivity index (χ0n) is 9.39. The molecule has 1 atom stereocenters. The van der Waals surface area contributed by atoms with Gasteiger partial charge in [-0.2, -0.15) is 16.9 Å². The summed E-state index contributed by atoms with van der Waals surface area (Å²) >= 11 is 2.06. The Morgan fingerprint density at radius 3 is 3.19 bits per heavy atom. The maximum atomic E-state index is 4.58. The van der Waals surface area contributed by atoms with E-state index in [0.29, 0.717) is 0 Å². The van der Waals surface area contributed by atoms with Crippen LogP contribution >= 0.6 is 11.8 Å². The van der Waals surface area contributed by atoms with Crippen LogP contribution in [0.2, 0.25) is 0 Å². The zero-order valence-corrected chi connectivity index (χ0v) is 10.2. The second-order valence-corrected chi connectivity index (χ2v) is 5.71. The molecule has 84 valence electrons. The van der Waals surface area contributed by atoms with Gasteiger partial charge in [0.15, 0.2) is 11.5 Å². The van der Waals surface area contributed by atoms with Gasteiger partial charge in [0.25, 0.3) is 0 Å². The number of fused-ring (bicyclic) bond motifs is 1. The van der Waals surface area contributed by atoms with Gasteiger partial charge in [-0.25, -0.2) is 9.50 Å². The minimum atomic E-state index is 0.734. The molecule has 1 aliphatic rings. The van der Waals surface area contributed by atoms with E-state index in [1.54, 1.807) is 0 Å². The Morgan fingerprint density at radius 2 is 2.44 bits per heavy atom. The molecule has 1 fully saturated rings. The standard InChI is InChI=1S/C12H15N3S/c1-9-4-2-6-12-13-11(14-15(9)12)8-10-5-3-7-16-10/h2,4,6,10H,3,5,7-8H2,1H3. The highest BCUT2D eigenvalue weighted by Crippen LogP contribution is 2.28. The van der Waals surface area contributed by atoms with Crippen molar-refractivity contribution in [1.29, 1.82) is 0 Å². The van der Waals surface area contributed by atoms with Gasteiger partial charge in [0.2, 0.25) is 0 Å². The van der Waals surface area contributed by atoms with Gasteiger partial charge in [-0.1, -0.05) is 6.07 Å². The summed E-state index contributed by atoms with van der Waals surface area (Å²) in [6, 6.07) is 6.12. The summed E-state index contributed by atoms with van der Waals surface area (Å²) in [7, 11) is 0. The van der Waals surface area contributed by atoms with Crippen molar-refractivity contribution in [3.63, 3.8) is 0 Å². The fourth-order valence-electron chi connectivity index (χ4n) is 2.18. The predicted octanol–water partition coefficient (Wildman–Crippen LogP) is 2.48. The lowest BCUT2D eigenvalue weighted by Gasteiger charge is -2.02. The number of rotatable bonds is 2. The molecule has 16 heavy (non-hydrogen) atoms. The van der Waals surface area contributed by atoms with E-state index in [0.717, 1.165) is 28.8 Å². The first-order chi connectivity index (χ1) is 7.83. The molecule has 0 aliphatic carbocycles. The summed E-state index contributed by atoms with van der Waals surface area (Å²) in [5.41, 5.74) is 2.12. The number of pyridine rings is 1. The highest BCUT2D eigenvalue weighted by molar-refractivity contribution is 8.00. The summed E-state index contributed by atoms with van der Waals surface area (Å²) in [5, 5.41) is 5.30. The molecule has 3 nitrogen and oxygen atoms in total. The van der Waals surface area contributed by atoms with Crippen LogP contribution < -0.4 is 0 Å². The fraction of sp³-hybridized carbons (Fsp3) is 0.500. The van der Waals surface area contributed by atoms with E-state index in [1.165, 1.54) is 18.6 Å². The monoisotopic (exact) mass is 233 g/mol. The average molecular weight is 233 g/mol. The van der Waals surface area contributed by atoms with Gasteiger partial charge in [-0.3, -0.25) is 0 Å². The summed E-state index contributed by atoms with van der Waals surface area (Å²) in [5.74, 6) is 2.30. The molecule has 1 aliphatic heterocycles. The molecule has 0 aromatic carbocycles. The van der Waals surface area contributed by atoms with Crippen LogP contribution in [0.15, 0.2) is 18.2 Å². The van der Waals surface area contributed by atoms with Gasteiger partial charge in [0.05, 0.1) is 0 Å². The molecule has 1 saturated heterocycles. The molecule has 0 radical (unpaired) electrons. The van der Waals surface area contributed by atoms with Crippen LogP contribution in [0.25, 0.3) is 5.65 Å². The van der Waals surface area contributed by atoms with Crippen LogP contribution in [-0.4, -0.2) is 25.6 Å². The highest BCUT2D eigenvalue weighted by Gasteiger charge is 2.18. The van der Waals surface area contributed by atoms with Crippen LogP contribution in [-0.2, 0) is 6.42 Å². The maximum Gasteiger partial charge on any atom is 0.155 e. The van der Waals surface area contributed by atoms with Crippen LogP contribution in [0.3, 0.4) is 0 Å². The van der Waals surface area contributed by atoms with Crippen LogP contribution in [0.4, 0.5) is 0 Å². The number of aryl methyl sites for hydroxylation is 1. The number of nitrogens with zero attached hydrogens (tertiary/aromatic N) is 3. The lowest BCUT2D eigenvalue weighted by Crippen LogP contribution is -2.03. The van der Waals surface area contributed by atoms with Crippen LogP contribution in [0, 0.1) is 6.92 Å². The SMILES string of the molecule is Cc1cccc2nc(CC3CCCS3)nn12. The first-order valence-corrected chi connectivity index (χ1v) is 6.81.